The van der Waals surface area contributed by atoms with Crippen LogP contribution >= 0.6 is 31.9 Å². The first kappa shape index (κ1) is 15.7. The van der Waals surface area contributed by atoms with Crippen LogP contribution in [0.25, 0.3) is 0 Å². The van der Waals surface area contributed by atoms with Crippen molar-refractivity contribution in [3.05, 3.63) is 62.3 Å². The molecule has 20 heavy (non-hydrogen) atoms. The van der Waals surface area contributed by atoms with Crippen molar-refractivity contribution >= 4 is 31.9 Å². The molecule has 1 atom stereocenters. The Morgan fingerprint density at radius 3 is 2.65 bits per heavy atom. The number of pyridine rings is 1. The van der Waals surface area contributed by atoms with Crippen molar-refractivity contribution in [2.45, 2.75) is 26.3 Å². The lowest BCUT2D eigenvalue weighted by molar-refractivity contribution is 0.548. The van der Waals surface area contributed by atoms with Gasteiger partial charge in [-0.3, -0.25) is 4.98 Å². The number of aromatic nitrogens is 1. The second-order valence-corrected chi connectivity index (χ2v) is 6.60. The van der Waals surface area contributed by atoms with Crippen molar-refractivity contribution in [3.63, 3.8) is 0 Å². The van der Waals surface area contributed by atoms with E-state index in [0.717, 1.165) is 21.9 Å². The molecule has 0 bridgehead atoms. The van der Waals surface area contributed by atoms with Crippen molar-refractivity contribution in [1.29, 1.82) is 0 Å². The Balaban J connectivity index is 2.24. The fraction of sp³-hybridized carbons (Fsp3) is 0.312. The molecular formula is C16H18Br2N2. The quantitative estimate of drug-likeness (QED) is 0.782. The number of nitrogens with zero attached hydrogens (tertiary/aromatic N) is 1. The van der Waals surface area contributed by atoms with Gasteiger partial charge < -0.3 is 5.32 Å². The van der Waals surface area contributed by atoms with Gasteiger partial charge in [-0.15, -0.1) is 0 Å². The van der Waals surface area contributed by atoms with Crippen LogP contribution in [-0.2, 0) is 6.42 Å². The van der Waals surface area contributed by atoms with Crippen LogP contribution in [0.1, 0.15) is 29.7 Å². The smallest absolute Gasteiger partial charge is 0.0410 e. The zero-order valence-electron chi connectivity index (χ0n) is 11.7. The molecule has 2 aromatic rings. The summed E-state index contributed by atoms with van der Waals surface area (Å²) < 4.78 is 2.18. The summed E-state index contributed by atoms with van der Waals surface area (Å²) in [6, 6.07) is 8.97. The summed E-state index contributed by atoms with van der Waals surface area (Å²) in [6.07, 6.45) is 4.68. The lowest BCUT2D eigenvalue weighted by Crippen LogP contribution is -2.23. The van der Waals surface area contributed by atoms with Gasteiger partial charge in [-0.2, -0.15) is 0 Å². The van der Waals surface area contributed by atoms with Gasteiger partial charge >= 0.3 is 0 Å². The summed E-state index contributed by atoms with van der Waals surface area (Å²) in [5.41, 5.74) is 3.80. The van der Waals surface area contributed by atoms with E-state index >= 15 is 0 Å². The Labute approximate surface area is 137 Å². The highest BCUT2D eigenvalue weighted by atomic mass is 79.9. The minimum atomic E-state index is 0.308. The molecular weight excluding hydrogens is 380 g/mol. The Hall–Kier alpha value is -0.710. The van der Waals surface area contributed by atoms with Crippen LogP contribution in [0.5, 0.6) is 0 Å². The van der Waals surface area contributed by atoms with Crippen LogP contribution in [-0.4, -0.2) is 11.5 Å². The number of halogens is 2. The predicted molar refractivity (Wildman–Crippen MR) is 90.9 cm³/mol. The minimum absolute atomic E-state index is 0.308. The van der Waals surface area contributed by atoms with Crippen LogP contribution in [0.2, 0.25) is 0 Å². The Morgan fingerprint density at radius 2 is 2.00 bits per heavy atom. The highest BCUT2D eigenvalue weighted by molar-refractivity contribution is 9.10. The van der Waals surface area contributed by atoms with E-state index in [4.69, 9.17) is 0 Å². The lowest BCUT2D eigenvalue weighted by Gasteiger charge is -2.19. The normalized spacial score (nSPS) is 12.4. The second-order valence-electron chi connectivity index (χ2n) is 4.83. The monoisotopic (exact) mass is 396 g/mol. The lowest BCUT2D eigenvalue weighted by atomic mass is 9.98. The topological polar surface area (TPSA) is 24.9 Å². The maximum atomic E-state index is 4.24. The second kappa shape index (κ2) is 7.34. The number of nitrogens with one attached hydrogen (secondary N) is 1. The average molecular weight is 398 g/mol. The number of likely N-dealkylation sites (N-methyl/N-ethyl adjacent to an activating group) is 1. The molecule has 0 saturated carbocycles. The molecule has 4 heteroatoms. The molecule has 1 heterocycles. The van der Waals surface area contributed by atoms with E-state index in [1.165, 1.54) is 16.7 Å². The molecule has 1 aromatic carbocycles. The fourth-order valence-electron chi connectivity index (χ4n) is 2.24. The third kappa shape index (κ3) is 4.14. The zero-order chi connectivity index (χ0) is 14.5. The van der Waals surface area contributed by atoms with Crippen LogP contribution in [0.4, 0.5) is 0 Å². The number of aryl methyl sites for hydroxylation is 1. The molecule has 2 rings (SSSR count). The van der Waals surface area contributed by atoms with Crippen molar-refractivity contribution in [3.8, 4) is 0 Å². The van der Waals surface area contributed by atoms with Crippen molar-refractivity contribution < 1.29 is 0 Å². The van der Waals surface area contributed by atoms with E-state index < -0.39 is 0 Å². The van der Waals surface area contributed by atoms with Gasteiger partial charge in [0.15, 0.2) is 0 Å². The molecule has 0 aliphatic carbocycles. The molecule has 0 saturated heterocycles. The number of hydrogen-bond acceptors (Lipinski definition) is 2. The average Bonchev–Trinajstić information content (AvgIpc) is 2.41. The number of rotatable bonds is 5. The van der Waals surface area contributed by atoms with E-state index in [1.54, 1.807) is 0 Å². The molecule has 0 aliphatic rings. The van der Waals surface area contributed by atoms with Crippen LogP contribution in [0.3, 0.4) is 0 Å². The molecule has 0 aliphatic heterocycles. The SMILES string of the molecule is CCNC(Cc1cncc(Br)c1)c1ccc(Br)c(C)c1. The first-order chi connectivity index (χ1) is 9.60. The van der Waals surface area contributed by atoms with Crippen LogP contribution in [0, 0.1) is 6.92 Å². The molecule has 0 fully saturated rings. The maximum Gasteiger partial charge on any atom is 0.0410 e. The predicted octanol–water partition coefficient (Wildman–Crippen LogP) is 4.81. The largest absolute Gasteiger partial charge is 0.310 e. The molecule has 1 aromatic heterocycles. The Morgan fingerprint density at radius 1 is 1.20 bits per heavy atom. The van der Waals surface area contributed by atoms with Gasteiger partial charge in [-0.25, -0.2) is 0 Å². The van der Waals surface area contributed by atoms with Crippen LogP contribution in [0.15, 0.2) is 45.6 Å². The first-order valence-electron chi connectivity index (χ1n) is 6.69. The fourth-order valence-corrected chi connectivity index (χ4v) is 2.90. The molecule has 0 radical (unpaired) electrons. The third-order valence-corrected chi connectivity index (χ3v) is 4.56. The van der Waals surface area contributed by atoms with Gasteiger partial charge in [-0.1, -0.05) is 35.0 Å². The summed E-state index contributed by atoms with van der Waals surface area (Å²) in [5, 5.41) is 3.56. The summed E-state index contributed by atoms with van der Waals surface area (Å²) in [4.78, 5) is 4.24. The van der Waals surface area contributed by atoms with E-state index in [2.05, 4.69) is 80.3 Å². The van der Waals surface area contributed by atoms with Gasteiger partial charge in [0.1, 0.15) is 0 Å². The van der Waals surface area contributed by atoms with Crippen molar-refractivity contribution in [1.82, 2.24) is 10.3 Å². The molecule has 0 amide bonds. The van der Waals surface area contributed by atoms with Crippen molar-refractivity contribution in [2.75, 3.05) is 6.54 Å². The molecule has 106 valence electrons. The molecule has 1 N–H and O–H groups in total. The van der Waals surface area contributed by atoms with Crippen molar-refractivity contribution in [2.24, 2.45) is 0 Å². The van der Waals surface area contributed by atoms with E-state index in [0.29, 0.717) is 6.04 Å². The standard InChI is InChI=1S/C16H18Br2N2/c1-3-20-16(8-12-7-14(17)10-19-9-12)13-4-5-15(18)11(2)6-13/h4-7,9-10,16,20H,3,8H2,1-2H3. The van der Waals surface area contributed by atoms with Gasteiger partial charge in [0.25, 0.3) is 0 Å². The van der Waals surface area contributed by atoms with Gasteiger partial charge in [0.2, 0.25) is 0 Å². The highest BCUT2D eigenvalue weighted by Crippen LogP contribution is 2.24. The maximum absolute atomic E-state index is 4.24. The van der Waals surface area contributed by atoms with Gasteiger partial charge in [0.05, 0.1) is 0 Å². The number of benzene rings is 1. The Bertz CT molecular complexity index is 584. The minimum Gasteiger partial charge on any atom is -0.310 e. The van der Waals surface area contributed by atoms with Crippen LogP contribution < -0.4 is 5.32 Å². The summed E-state index contributed by atoms with van der Waals surface area (Å²) >= 11 is 7.04. The number of hydrogen-bond donors (Lipinski definition) is 1. The van der Waals surface area contributed by atoms with Gasteiger partial charge in [0, 0.05) is 27.4 Å². The molecule has 1 unspecified atom stereocenters. The summed E-state index contributed by atoms with van der Waals surface area (Å²) in [5.74, 6) is 0. The van der Waals surface area contributed by atoms with Gasteiger partial charge in [-0.05, 0) is 64.6 Å². The van der Waals surface area contributed by atoms with E-state index in [1.807, 2.05) is 12.4 Å². The Kier molecular flexibility index (Phi) is 5.75. The summed E-state index contributed by atoms with van der Waals surface area (Å²) in [6.45, 7) is 5.20. The molecule has 0 spiro atoms. The van der Waals surface area contributed by atoms with E-state index in [-0.39, 0.29) is 0 Å². The third-order valence-electron chi connectivity index (χ3n) is 3.24. The first-order valence-corrected chi connectivity index (χ1v) is 8.27. The highest BCUT2D eigenvalue weighted by Gasteiger charge is 2.12. The summed E-state index contributed by atoms with van der Waals surface area (Å²) in [7, 11) is 0. The zero-order valence-corrected chi connectivity index (χ0v) is 14.8. The molecule has 2 nitrogen and oxygen atoms in total. The van der Waals surface area contributed by atoms with E-state index in [9.17, 15) is 0 Å².